The van der Waals surface area contributed by atoms with Gasteiger partial charge in [-0.05, 0) is 46.7 Å². The molecule has 0 N–H and O–H groups in total. The van der Waals surface area contributed by atoms with Crippen LogP contribution in [-0.2, 0) is 11.2 Å². The van der Waals surface area contributed by atoms with Gasteiger partial charge in [-0.15, -0.1) is 0 Å². The molecule has 0 amide bonds. The van der Waals surface area contributed by atoms with Crippen molar-refractivity contribution in [1.82, 2.24) is 0 Å². The van der Waals surface area contributed by atoms with Crippen LogP contribution in [0.3, 0.4) is 0 Å². The number of carbonyl (C=O) groups is 2. The Kier molecular flexibility index (Phi) is 4.64. The first-order chi connectivity index (χ1) is 11.2. The van der Waals surface area contributed by atoms with Crippen molar-refractivity contribution in [3.8, 4) is 5.75 Å². The van der Waals surface area contributed by atoms with Gasteiger partial charge in [-0.2, -0.15) is 11.3 Å². The lowest BCUT2D eigenvalue weighted by molar-refractivity contribution is -0.133. The number of esters is 1. The van der Waals surface area contributed by atoms with Crippen LogP contribution in [0.1, 0.15) is 21.5 Å². The van der Waals surface area contributed by atoms with E-state index < -0.39 is 0 Å². The van der Waals surface area contributed by atoms with E-state index in [1.807, 2.05) is 35.0 Å². The molecule has 0 saturated carbocycles. The minimum absolute atomic E-state index is 0.0539. The number of ketones is 1. The molecule has 0 saturated heterocycles. The molecule has 3 rings (SSSR count). The van der Waals surface area contributed by atoms with Crippen molar-refractivity contribution in [2.75, 3.05) is 0 Å². The van der Waals surface area contributed by atoms with Gasteiger partial charge < -0.3 is 4.74 Å². The van der Waals surface area contributed by atoms with Gasteiger partial charge >= 0.3 is 5.97 Å². The first-order valence-corrected chi connectivity index (χ1v) is 8.08. The molecule has 0 unspecified atom stereocenters. The predicted molar refractivity (Wildman–Crippen MR) is 90.0 cm³/mol. The van der Waals surface area contributed by atoms with Gasteiger partial charge in [-0.25, -0.2) is 0 Å². The summed E-state index contributed by atoms with van der Waals surface area (Å²) in [6.07, 6.45) is 0.244. The van der Waals surface area contributed by atoms with Crippen molar-refractivity contribution < 1.29 is 14.3 Å². The van der Waals surface area contributed by atoms with E-state index in [1.54, 1.807) is 47.7 Å². The average Bonchev–Trinajstić information content (AvgIpc) is 3.08. The summed E-state index contributed by atoms with van der Waals surface area (Å²) < 4.78 is 5.28. The minimum atomic E-state index is -0.314. The molecule has 4 heteroatoms. The molecule has 0 aliphatic rings. The van der Waals surface area contributed by atoms with Crippen molar-refractivity contribution in [2.24, 2.45) is 0 Å². The van der Waals surface area contributed by atoms with Gasteiger partial charge in [-0.3, -0.25) is 9.59 Å². The van der Waals surface area contributed by atoms with Crippen molar-refractivity contribution >= 4 is 23.1 Å². The summed E-state index contributed by atoms with van der Waals surface area (Å²) >= 11 is 1.55. The lowest BCUT2D eigenvalue weighted by atomic mass is 10.0. The zero-order valence-corrected chi connectivity index (χ0v) is 13.1. The Hall–Kier alpha value is -2.72. The van der Waals surface area contributed by atoms with Gasteiger partial charge in [-0.1, -0.05) is 30.3 Å². The number of carbonyl (C=O) groups excluding carboxylic acids is 2. The SMILES string of the molecule is O=C(Cc1ccsc1)Oc1ccc(C(=O)c2ccccc2)cc1. The number of ether oxygens (including phenoxy) is 1. The highest BCUT2D eigenvalue weighted by atomic mass is 32.1. The highest BCUT2D eigenvalue weighted by molar-refractivity contribution is 7.07. The smallest absolute Gasteiger partial charge is 0.315 e. The third kappa shape index (κ3) is 3.93. The van der Waals surface area contributed by atoms with E-state index in [0.717, 1.165) is 5.56 Å². The third-order valence-electron chi connectivity index (χ3n) is 3.31. The highest BCUT2D eigenvalue weighted by Crippen LogP contribution is 2.16. The van der Waals surface area contributed by atoms with E-state index in [4.69, 9.17) is 4.74 Å². The van der Waals surface area contributed by atoms with Crippen molar-refractivity contribution in [1.29, 1.82) is 0 Å². The Morgan fingerprint density at radius 2 is 1.57 bits per heavy atom. The molecular formula is C19H14O3S. The summed E-state index contributed by atoms with van der Waals surface area (Å²) in [5.74, 6) is 0.0714. The van der Waals surface area contributed by atoms with Gasteiger partial charge in [0.1, 0.15) is 5.75 Å². The predicted octanol–water partition coefficient (Wildman–Crippen LogP) is 4.13. The van der Waals surface area contributed by atoms with Gasteiger partial charge in [0, 0.05) is 11.1 Å². The maximum Gasteiger partial charge on any atom is 0.315 e. The summed E-state index contributed by atoms with van der Waals surface area (Å²) in [5, 5.41) is 3.84. The van der Waals surface area contributed by atoms with Gasteiger partial charge in [0.2, 0.25) is 0 Å². The molecule has 0 aliphatic carbocycles. The van der Waals surface area contributed by atoms with Crippen LogP contribution in [0.2, 0.25) is 0 Å². The normalized spacial score (nSPS) is 10.3. The molecule has 0 aliphatic heterocycles. The monoisotopic (exact) mass is 322 g/mol. The van der Waals surface area contributed by atoms with E-state index in [1.165, 1.54) is 0 Å². The third-order valence-corrected chi connectivity index (χ3v) is 4.04. The average molecular weight is 322 g/mol. The van der Waals surface area contributed by atoms with Crippen molar-refractivity contribution in [2.45, 2.75) is 6.42 Å². The summed E-state index contributed by atoms with van der Waals surface area (Å²) in [4.78, 5) is 24.1. The number of hydrogen-bond donors (Lipinski definition) is 0. The van der Waals surface area contributed by atoms with Crippen LogP contribution in [0.15, 0.2) is 71.4 Å². The fourth-order valence-electron chi connectivity index (χ4n) is 2.16. The number of hydrogen-bond acceptors (Lipinski definition) is 4. The Morgan fingerprint density at radius 1 is 0.870 bits per heavy atom. The summed E-state index contributed by atoms with van der Waals surface area (Å²) in [6, 6.07) is 17.6. The second-order valence-corrected chi connectivity index (χ2v) is 5.78. The molecule has 0 atom stereocenters. The Bertz CT molecular complexity index is 790. The van der Waals surface area contributed by atoms with Crippen molar-refractivity contribution in [3.05, 3.63) is 88.1 Å². The standard InChI is InChI=1S/C19H14O3S/c20-18(12-14-10-11-23-13-14)22-17-8-6-16(7-9-17)19(21)15-4-2-1-3-5-15/h1-11,13H,12H2. The van der Waals surface area contributed by atoms with Crippen LogP contribution in [0.5, 0.6) is 5.75 Å². The summed E-state index contributed by atoms with van der Waals surface area (Å²) in [6.45, 7) is 0. The van der Waals surface area contributed by atoms with E-state index in [0.29, 0.717) is 16.9 Å². The van der Waals surface area contributed by atoms with Crippen LogP contribution in [0.25, 0.3) is 0 Å². The molecule has 0 bridgehead atoms. The first-order valence-electron chi connectivity index (χ1n) is 7.14. The molecule has 23 heavy (non-hydrogen) atoms. The van der Waals surface area contributed by atoms with Gasteiger partial charge in [0.15, 0.2) is 5.78 Å². The molecule has 1 aromatic heterocycles. The zero-order valence-electron chi connectivity index (χ0n) is 12.3. The van der Waals surface area contributed by atoms with E-state index in [2.05, 4.69) is 0 Å². The number of thiophene rings is 1. The summed E-state index contributed by atoms with van der Waals surface area (Å²) in [7, 11) is 0. The second kappa shape index (κ2) is 7.03. The molecule has 3 nitrogen and oxygen atoms in total. The van der Waals surface area contributed by atoms with Gasteiger partial charge in [0.25, 0.3) is 0 Å². The second-order valence-electron chi connectivity index (χ2n) is 5.00. The summed E-state index contributed by atoms with van der Waals surface area (Å²) in [5.41, 5.74) is 2.14. The van der Waals surface area contributed by atoms with E-state index >= 15 is 0 Å². The van der Waals surface area contributed by atoms with Crippen molar-refractivity contribution in [3.63, 3.8) is 0 Å². The fraction of sp³-hybridized carbons (Fsp3) is 0.0526. The lowest BCUT2D eigenvalue weighted by Crippen LogP contribution is -2.10. The lowest BCUT2D eigenvalue weighted by Gasteiger charge is -2.05. The van der Waals surface area contributed by atoms with Crippen LogP contribution < -0.4 is 4.74 Å². The largest absolute Gasteiger partial charge is 0.426 e. The van der Waals surface area contributed by atoms with Gasteiger partial charge in [0.05, 0.1) is 6.42 Å². The Labute approximate surface area is 138 Å². The topological polar surface area (TPSA) is 43.4 Å². The molecule has 2 aromatic carbocycles. The molecule has 0 fully saturated rings. The zero-order chi connectivity index (χ0) is 16.1. The number of benzene rings is 2. The minimum Gasteiger partial charge on any atom is -0.426 e. The molecular weight excluding hydrogens is 308 g/mol. The quantitative estimate of drug-likeness (QED) is 0.403. The van der Waals surface area contributed by atoms with Crippen LogP contribution in [-0.4, -0.2) is 11.8 Å². The molecule has 0 radical (unpaired) electrons. The van der Waals surface area contributed by atoms with E-state index in [-0.39, 0.29) is 18.2 Å². The number of rotatable bonds is 5. The van der Waals surface area contributed by atoms with Crippen LogP contribution in [0, 0.1) is 0 Å². The Balaban J connectivity index is 1.65. The van der Waals surface area contributed by atoms with Crippen LogP contribution in [0.4, 0.5) is 0 Å². The Morgan fingerprint density at radius 3 is 2.22 bits per heavy atom. The van der Waals surface area contributed by atoms with E-state index in [9.17, 15) is 9.59 Å². The molecule has 114 valence electrons. The fourth-order valence-corrected chi connectivity index (χ4v) is 2.83. The maximum absolute atomic E-state index is 12.3. The van der Waals surface area contributed by atoms with Crippen LogP contribution >= 0.6 is 11.3 Å². The molecule has 3 aromatic rings. The molecule has 0 spiro atoms. The maximum atomic E-state index is 12.3. The first kappa shape index (κ1) is 15.2. The highest BCUT2D eigenvalue weighted by Gasteiger charge is 2.10. The molecule has 1 heterocycles.